The van der Waals surface area contributed by atoms with Crippen LogP contribution < -0.4 is 0 Å². The monoisotopic (exact) mass is 911 g/mol. The van der Waals surface area contributed by atoms with Gasteiger partial charge in [-0.2, -0.15) is 0 Å². The second-order valence-corrected chi connectivity index (χ2v) is 16.8. The Morgan fingerprint density at radius 1 is 0.333 bits per heavy atom. The molecule has 0 saturated carbocycles. The Bertz CT molecular complexity index is 1460. The SMILES string of the molecule is CC/C=C/C=C/C=C/C=C/C=C/CCCC(=O)OCC(COC(=O)CC/C=C/C/C=C/C/C=C/C/C=C/C/C=C/C/C=C/CC)OC(=O)CCCCCCCCCCCCCCCCCC. The quantitative estimate of drug-likeness (QED) is 0.0199. The van der Waals surface area contributed by atoms with Crippen LogP contribution in [0.2, 0.25) is 0 Å². The van der Waals surface area contributed by atoms with E-state index in [9.17, 15) is 14.4 Å². The van der Waals surface area contributed by atoms with Gasteiger partial charge in [-0.15, -0.1) is 0 Å². The highest BCUT2D eigenvalue weighted by atomic mass is 16.6. The number of carbonyl (C=O) groups excluding carboxylic acids is 3. The molecule has 0 bridgehead atoms. The number of esters is 3. The van der Waals surface area contributed by atoms with Gasteiger partial charge in [-0.05, 0) is 70.6 Å². The molecule has 0 rings (SSSR count). The van der Waals surface area contributed by atoms with Crippen LogP contribution in [0.5, 0.6) is 0 Å². The molecule has 370 valence electrons. The maximum absolute atomic E-state index is 12.8. The summed E-state index contributed by atoms with van der Waals surface area (Å²) in [7, 11) is 0. The second kappa shape index (κ2) is 53.2. The molecule has 0 radical (unpaired) electrons. The Kier molecular flexibility index (Phi) is 49.6. The minimum Gasteiger partial charge on any atom is -0.462 e. The topological polar surface area (TPSA) is 78.9 Å². The van der Waals surface area contributed by atoms with Crippen molar-refractivity contribution in [1.82, 2.24) is 0 Å². The molecular formula is C60H94O6. The van der Waals surface area contributed by atoms with Crippen molar-refractivity contribution in [1.29, 1.82) is 0 Å². The third-order valence-corrected chi connectivity index (χ3v) is 10.5. The van der Waals surface area contributed by atoms with Gasteiger partial charge in [0.15, 0.2) is 6.10 Å². The third-order valence-electron chi connectivity index (χ3n) is 10.5. The lowest BCUT2D eigenvalue weighted by atomic mass is 10.0. The molecule has 0 aromatic rings. The van der Waals surface area contributed by atoms with Gasteiger partial charge in [0, 0.05) is 19.3 Å². The van der Waals surface area contributed by atoms with Gasteiger partial charge in [-0.1, -0.05) is 251 Å². The Morgan fingerprint density at radius 3 is 1.15 bits per heavy atom. The summed E-state index contributed by atoms with van der Waals surface area (Å²) in [5.41, 5.74) is 0. The van der Waals surface area contributed by atoms with Gasteiger partial charge >= 0.3 is 17.9 Å². The van der Waals surface area contributed by atoms with Crippen LogP contribution in [0, 0.1) is 0 Å². The summed E-state index contributed by atoms with van der Waals surface area (Å²) in [5.74, 6) is -1.10. The van der Waals surface area contributed by atoms with Crippen molar-refractivity contribution >= 4 is 17.9 Å². The summed E-state index contributed by atoms with van der Waals surface area (Å²) in [5, 5.41) is 0. The molecule has 0 heterocycles. The van der Waals surface area contributed by atoms with E-state index < -0.39 is 6.10 Å². The van der Waals surface area contributed by atoms with Crippen molar-refractivity contribution in [3.8, 4) is 0 Å². The minimum atomic E-state index is -0.840. The van der Waals surface area contributed by atoms with Gasteiger partial charge in [-0.3, -0.25) is 14.4 Å². The molecule has 0 aliphatic carbocycles. The zero-order chi connectivity index (χ0) is 47.9. The van der Waals surface area contributed by atoms with Crippen LogP contribution in [0.3, 0.4) is 0 Å². The summed E-state index contributed by atoms with van der Waals surface area (Å²) in [6.07, 6.45) is 74.6. The van der Waals surface area contributed by atoms with Crippen LogP contribution in [0.15, 0.2) is 134 Å². The second-order valence-electron chi connectivity index (χ2n) is 16.8. The number of carbonyl (C=O) groups is 3. The highest BCUT2D eigenvalue weighted by Gasteiger charge is 2.19. The normalized spacial score (nSPS) is 13.2. The summed E-state index contributed by atoms with van der Waals surface area (Å²) < 4.78 is 16.7. The number of allylic oxidation sites excluding steroid dienone is 22. The Labute approximate surface area is 405 Å². The van der Waals surface area contributed by atoms with Gasteiger partial charge in [0.1, 0.15) is 13.2 Å². The summed E-state index contributed by atoms with van der Waals surface area (Å²) in [6, 6.07) is 0. The minimum absolute atomic E-state index is 0.141. The fourth-order valence-corrected chi connectivity index (χ4v) is 6.67. The fourth-order valence-electron chi connectivity index (χ4n) is 6.67. The first-order valence-electron chi connectivity index (χ1n) is 26.3. The average molecular weight is 911 g/mol. The molecule has 1 atom stereocenters. The van der Waals surface area contributed by atoms with Gasteiger partial charge in [-0.25, -0.2) is 0 Å². The van der Waals surface area contributed by atoms with E-state index in [0.29, 0.717) is 19.3 Å². The fraction of sp³-hybridized carbons (Fsp3) is 0.583. The molecule has 6 heteroatoms. The van der Waals surface area contributed by atoms with E-state index in [4.69, 9.17) is 14.2 Å². The van der Waals surface area contributed by atoms with Gasteiger partial charge in [0.05, 0.1) is 0 Å². The molecule has 6 nitrogen and oxygen atoms in total. The van der Waals surface area contributed by atoms with Gasteiger partial charge in [0.25, 0.3) is 0 Å². The van der Waals surface area contributed by atoms with Gasteiger partial charge < -0.3 is 14.2 Å². The molecule has 66 heavy (non-hydrogen) atoms. The average Bonchev–Trinajstić information content (AvgIpc) is 3.31. The van der Waals surface area contributed by atoms with E-state index in [-0.39, 0.29) is 44.0 Å². The van der Waals surface area contributed by atoms with Crippen LogP contribution in [0.1, 0.15) is 207 Å². The standard InChI is InChI=1S/C60H94O6/c1-4-7-10-13-16-19-22-25-27-29-30-31-33-35-38-41-44-47-50-53-59(62)65-56-57(55-64-58(61)52-49-46-43-40-37-34-24-21-18-15-12-9-6-3)66-60(63)54-51-48-45-42-39-36-32-28-26-23-20-17-14-11-8-5-2/h7,9-10,12,15-16,18-19,21,24-25,27,30-31,34-35,37-38,40,43-44,47,57H,4-6,8,11,13-14,17,20,22-23,26,28-29,32-33,36,39,41-42,45-46,48-56H2,1-3H3/b10-7+,12-9+,18-15+,19-16+,24-21+,27-25+,31-30+,37-34+,38-35+,43-40+,47-44+. The van der Waals surface area contributed by atoms with Crippen molar-refractivity contribution in [3.63, 3.8) is 0 Å². The smallest absolute Gasteiger partial charge is 0.306 e. The van der Waals surface area contributed by atoms with Crippen LogP contribution in [0.4, 0.5) is 0 Å². The summed E-state index contributed by atoms with van der Waals surface area (Å²) in [4.78, 5) is 38.0. The molecule has 0 aromatic carbocycles. The first-order chi connectivity index (χ1) is 32.5. The Hall–Kier alpha value is -4.45. The molecule has 0 aliphatic rings. The van der Waals surface area contributed by atoms with Crippen molar-refractivity contribution in [3.05, 3.63) is 134 Å². The van der Waals surface area contributed by atoms with Gasteiger partial charge in [0.2, 0.25) is 0 Å². The first kappa shape index (κ1) is 61.5. The summed E-state index contributed by atoms with van der Waals surface area (Å²) >= 11 is 0. The lowest BCUT2D eigenvalue weighted by molar-refractivity contribution is -0.166. The first-order valence-corrected chi connectivity index (χ1v) is 26.3. The number of rotatable bonds is 45. The number of hydrogen-bond donors (Lipinski definition) is 0. The lowest BCUT2D eigenvalue weighted by Gasteiger charge is -2.18. The van der Waals surface area contributed by atoms with Crippen LogP contribution in [0.25, 0.3) is 0 Å². The van der Waals surface area contributed by atoms with E-state index in [1.807, 2.05) is 66.8 Å². The zero-order valence-corrected chi connectivity index (χ0v) is 42.1. The highest BCUT2D eigenvalue weighted by Crippen LogP contribution is 2.15. The van der Waals surface area contributed by atoms with Crippen LogP contribution in [-0.4, -0.2) is 37.2 Å². The number of unbranched alkanes of at least 4 members (excludes halogenated alkanes) is 16. The van der Waals surface area contributed by atoms with Crippen molar-refractivity contribution in [2.45, 2.75) is 213 Å². The molecule has 0 aliphatic heterocycles. The largest absolute Gasteiger partial charge is 0.462 e. The molecule has 0 fully saturated rings. The highest BCUT2D eigenvalue weighted by molar-refractivity contribution is 5.71. The van der Waals surface area contributed by atoms with E-state index in [1.165, 1.54) is 83.5 Å². The van der Waals surface area contributed by atoms with Crippen molar-refractivity contribution in [2.75, 3.05) is 13.2 Å². The molecule has 0 spiro atoms. The van der Waals surface area contributed by atoms with Crippen LogP contribution >= 0.6 is 0 Å². The maximum atomic E-state index is 12.8. The van der Waals surface area contributed by atoms with Crippen LogP contribution in [-0.2, 0) is 28.6 Å². The Balaban J connectivity index is 4.59. The molecule has 0 N–H and O–H groups in total. The third kappa shape index (κ3) is 50.5. The predicted octanol–water partition coefficient (Wildman–Crippen LogP) is 17.5. The van der Waals surface area contributed by atoms with E-state index in [2.05, 4.69) is 87.6 Å². The van der Waals surface area contributed by atoms with E-state index >= 15 is 0 Å². The number of ether oxygens (including phenoxy) is 3. The van der Waals surface area contributed by atoms with Crippen molar-refractivity contribution in [2.24, 2.45) is 0 Å². The molecule has 0 amide bonds. The van der Waals surface area contributed by atoms with E-state index in [1.54, 1.807) is 0 Å². The maximum Gasteiger partial charge on any atom is 0.306 e. The molecule has 0 aromatic heterocycles. The van der Waals surface area contributed by atoms with E-state index in [0.717, 1.165) is 70.6 Å². The van der Waals surface area contributed by atoms with Crippen molar-refractivity contribution < 1.29 is 28.6 Å². The summed E-state index contributed by atoms with van der Waals surface area (Å²) in [6.45, 7) is 6.24. The molecule has 0 saturated heterocycles. The number of hydrogen-bond acceptors (Lipinski definition) is 6. The molecule has 1 unspecified atom stereocenters. The molecular weight excluding hydrogens is 817 g/mol. The Morgan fingerprint density at radius 2 is 0.697 bits per heavy atom. The zero-order valence-electron chi connectivity index (χ0n) is 42.1. The predicted molar refractivity (Wildman–Crippen MR) is 283 cm³/mol. The lowest BCUT2D eigenvalue weighted by Crippen LogP contribution is -2.30.